The van der Waals surface area contributed by atoms with Crippen LogP contribution in [0.3, 0.4) is 0 Å². The van der Waals surface area contributed by atoms with Crippen LogP contribution in [0.1, 0.15) is 65.2 Å². The summed E-state index contributed by atoms with van der Waals surface area (Å²) >= 11 is 3.78. The zero-order valence-corrected chi connectivity index (χ0v) is 15.7. The lowest BCUT2D eigenvalue weighted by Crippen LogP contribution is -2.60. The van der Waals surface area contributed by atoms with E-state index in [1.807, 2.05) is 0 Å². The molecule has 0 spiro atoms. The summed E-state index contributed by atoms with van der Waals surface area (Å²) < 4.78 is 1.18. The van der Waals surface area contributed by atoms with Gasteiger partial charge in [-0.2, -0.15) is 0 Å². The van der Waals surface area contributed by atoms with E-state index in [9.17, 15) is 15.0 Å². The Balaban J connectivity index is 1.81. The van der Waals surface area contributed by atoms with Crippen LogP contribution in [0.15, 0.2) is 10.1 Å². The van der Waals surface area contributed by atoms with Crippen LogP contribution in [-0.2, 0) is 4.79 Å². The molecule has 0 aliphatic heterocycles. The van der Waals surface area contributed by atoms with Crippen LogP contribution in [0.4, 0.5) is 0 Å². The van der Waals surface area contributed by atoms with Gasteiger partial charge < -0.3 is 10.2 Å². The normalized spacial score (nSPS) is 48.7. The van der Waals surface area contributed by atoms with Gasteiger partial charge in [-0.15, -0.1) is 0 Å². The molecule has 23 heavy (non-hydrogen) atoms. The van der Waals surface area contributed by atoms with E-state index in [0.717, 1.165) is 38.5 Å². The summed E-state index contributed by atoms with van der Waals surface area (Å²) in [6.07, 6.45) is 6.76. The second kappa shape index (κ2) is 4.92. The third-order valence-electron chi connectivity index (χ3n) is 8.04. The molecule has 3 fully saturated rings. The zero-order valence-electron chi connectivity index (χ0n) is 14.1. The third kappa shape index (κ3) is 1.92. The van der Waals surface area contributed by atoms with Crippen LogP contribution in [0.2, 0.25) is 0 Å². The van der Waals surface area contributed by atoms with Crippen molar-refractivity contribution in [3.8, 4) is 0 Å². The van der Waals surface area contributed by atoms with Gasteiger partial charge in [-0.05, 0) is 66.3 Å². The number of rotatable bonds is 0. The minimum Gasteiger partial charge on any atom is -0.365 e. The molecular formula is C19H27BrO3. The van der Waals surface area contributed by atoms with Crippen molar-refractivity contribution >= 4 is 21.7 Å². The Morgan fingerprint density at radius 1 is 1.09 bits per heavy atom. The number of ketones is 1. The van der Waals surface area contributed by atoms with Crippen molar-refractivity contribution in [2.75, 3.05) is 0 Å². The summed E-state index contributed by atoms with van der Waals surface area (Å²) in [6.45, 7) is 4.23. The number of hydrogen-bond acceptors (Lipinski definition) is 3. The van der Waals surface area contributed by atoms with E-state index >= 15 is 0 Å². The SMILES string of the molecule is C[C@]12C(=C(Br)C[C@@H]3[C@@H]1CC[C@]1(C)C(=O)CC[C@@H]31)CCCC2(O)O. The number of halogens is 1. The molecule has 3 nitrogen and oxygen atoms in total. The van der Waals surface area contributed by atoms with Crippen molar-refractivity contribution in [1.82, 2.24) is 0 Å². The molecule has 4 aliphatic rings. The molecule has 4 aliphatic carbocycles. The first kappa shape index (κ1) is 16.3. The Labute approximate surface area is 146 Å². The maximum Gasteiger partial charge on any atom is 0.172 e. The first-order chi connectivity index (χ1) is 10.7. The van der Waals surface area contributed by atoms with Gasteiger partial charge in [0.15, 0.2) is 5.79 Å². The number of fused-ring (bicyclic) bond motifs is 5. The van der Waals surface area contributed by atoms with Crippen LogP contribution < -0.4 is 0 Å². The molecule has 0 aromatic heterocycles. The molecule has 0 aromatic carbocycles. The second-order valence-corrected chi connectivity index (χ2v) is 9.71. The molecule has 4 heteroatoms. The molecule has 0 heterocycles. The fourth-order valence-electron chi connectivity index (χ4n) is 6.60. The fraction of sp³-hybridized carbons (Fsp3) is 0.842. The van der Waals surface area contributed by atoms with Gasteiger partial charge in [0.2, 0.25) is 0 Å². The van der Waals surface area contributed by atoms with Gasteiger partial charge in [-0.1, -0.05) is 29.8 Å². The van der Waals surface area contributed by atoms with Crippen LogP contribution in [0.25, 0.3) is 0 Å². The standard InChI is InChI=1S/C19H27BrO3/c1-17-9-7-13-11(12(17)5-6-16(17)21)10-15(20)14-4-3-8-19(22,23)18(13,14)2/h11-13,22-23H,3-10H2,1-2H3/t11-,12-,13-,17-,18+/m0/s1. The van der Waals surface area contributed by atoms with Gasteiger partial charge in [0.25, 0.3) is 0 Å². The maximum absolute atomic E-state index is 12.5. The van der Waals surface area contributed by atoms with Gasteiger partial charge in [0.1, 0.15) is 5.78 Å². The summed E-state index contributed by atoms with van der Waals surface area (Å²) in [5, 5.41) is 21.8. The molecule has 4 rings (SSSR count). The first-order valence-corrected chi connectivity index (χ1v) is 9.87. The first-order valence-electron chi connectivity index (χ1n) is 9.08. The topological polar surface area (TPSA) is 57.5 Å². The van der Waals surface area contributed by atoms with Crippen LogP contribution in [0, 0.1) is 28.6 Å². The number of Topliss-reactive ketones (excluding diaryl/α,β-unsaturated/α-hetero) is 1. The van der Waals surface area contributed by atoms with Crippen molar-refractivity contribution in [2.24, 2.45) is 28.6 Å². The highest BCUT2D eigenvalue weighted by molar-refractivity contribution is 9.11. The lowest BCUT2D eigenvalue weighted by Gasteiger charge is -2.60. The Kier molecular flexibility index (Phi) is 3.48. The Morgan fingerprint density at radius 2 is 1.83 bits per heavy atom. The number of carbonyl (C=O) groups is 1. The van der Waals surface area contributed by atoms with Crippen molar-refractivity contribution in [2.45, 2.75) is 71.0 Å². The van der Waals surface area contributed by atoms with Gasteiger partial charge in [-0.3, -0.25) is 4.79 Å². The van der Waals surface area contributed by atoms with Crippen LogP contribution >= 0.6 is 15.9 Å². The summed E-state index contributed by atoms with van der Waals surface area (Å²) in [5.41, 5.74) is 0.479. The fourth-order valence-corrected chi connectivity index (χ4v) is 7.58. The molecule has 0 unspecified atom stereocenters. The van der Waals surface area contributed by atoms with E-state index in [1.165, 1.54) is 10.1 Å². The van der Waals surface area contributed by atoms with E-state index in [0.29, 0.717) is 30.5 Å². The maximum atomic E-state index is 12.5. The van der Waals surface area contributed by atoms with Gasteiger partial charge in [0, 0.05) is 23.7 Å². The van der Waals surface area contributed by atoms with Crippen LogP contribution in [0.5, 0.6) is 0 Å². The largest absolute Gasteiger partial charge is 0.365 e. The molecule has 0 aromatic rings. The number of carbonyl (C=O) groups excluding carboxylic acids is 1. The lowest BCUT2D eigenvalue weighted by molar-refractivity contribution is -0.268. The van der Waals surface area contributed by atoms with E-state index in [-0.39, 0.29) is 11.3 Å². The molecule has 0 saturated heterocycles. The molecular weight excluding hydrogens is 356 g/mol. The van der Waals surface area contributed by atoms with E-state index < -0.39 is 11.2 Å². The molecule has 5 atom stereocenters. The summed E-state index contributed by atoms with van der Waals surface area (Å²) in [4.78, 5) is 12.5. The molecule has 0 bridgehead atoms. The molecule has 128 valence electrons. The summed E-state index contributed by atoms with van der Waals surface area (Å²) in [7, 11) is 0. The monoisotopic (exact) mass is 382 g/mol. The Bertz CT molecular complexity index is 595. The molecule has 0 amide bonds. The van der Waals surface area contributed by atoms with Crippen molar-refractivity contribution in [1.29, 1.82) is 0 Å². The highest BCUT2D eigenvalue weighted by Gasteiger charge is 2.64. The van der Waals surface area contributed by atoms with Crippen molar-refractivity contribution < 1.29 is 15.0 Å². The number of aliphatic hydroxyl groups is 2. The Morgan fingerprint density at radius 3 is 2.57 bits per heavy atom. The summed E-state index contributed by atoms with van der Waals surface area (Å²) in [5.74, 6) is -0.130. The van der Waals surface area contributed by atoms with E-state index in [1.54, 1.807) is 0 Å². The predicted octanol–water partition coefficient (Wildman–Crippen LogP) is 3.92. The van der Waals surface area contributed by atoms with Crippen molar-refractivity contribution in [3.05, 3.63) is 10.1 Å². The zero-order chi connectivity index (χ0) is 16.6. The quantitative estimate of drug-likeness (QED) is 0.624. The molecule has 2 N–H and O–H groups in total. The van der Waals surface area contributed by atoms with Gasteiger partial charge in [-0.25, -0.2) is 0 Å². The number of allylic oxidation sites excluding steroid dienone is 1. The highest BCUT2D eigenvalue weighted by Crippen LogP contribution is 2.67. The molecule has 0 radical (unpaired) electrons. The average Bonchev–Trinajstić information content (AvgIpc) is 2.77. The smallest absolute Gasteiger partial charge is 0.172 e. The van der Waals surface area contributed by atoms with Crippen molar-refractivity contribution in [3.63, 3.8) is 0 Å². The Hall–Kier alpha value is -0.190. The second-order valence-electron chi connectivity index (χ2n) is 8.75. The minimum absolute atomic E-state index is 0.176. The van der Waals surface area contributed by atoms with E-state index in [4.69, 9.17) is 0 Å². The van der Waals surface area contributed by atoms with Crippen LogP contribution in [-0.4, -0.2) is 21.8 Å². The minimum atomic E-state index is -1.63. The van der Waals surface area contributed by atoms with Gasteiger partial charge >= 0.3 is 0 Å². The molecule has 3 saturated carbocycles. The predicted molar refractivity (Wildman–Crippen MR) is 91.7 cm³/mol. The highest BCUT2D eigenvalue weighted by atomic mass is 79.9. The number of hydrogen-bond donors (Lipinski definition) is 2. The summed E-state index contributed by atoms with van der Waals surface area (Å²) in [6, 6.07) is 0. The van der Waals surface area contributed by atoms with Gasteiger partial charge in [0.05, 0.1) is 0 Å². The third-order valence-corrected chi connectivity index (χ3v) is 8.84. The lowest BCUT2D eigenvalue weighted by atomic mass is 9.46. The average molecular weight is 383 g/mol. The van der Waals surface area contributed by atoms with E-state index in [2.05, 4.69) is 29.8 Å².